The summed E-state index contributed by atoms with van der Waals surface area (Å²) in [4.78, 5) is 17.8. The molecule has 0 amide bonds. The maximum atomic E-state index is 13.0. The zero-order valence-electron chi connectivity index (χ0n) is 15.8. The van der Waals surface area contributed by atoms with E-state index in [1.165, 1.54) is 0 Å². The van der Waals surface area contributed by atoms with E-state index in [1.807, 2.05) is 24.3 Å². The van der Waals surface area contributed by atoms with Crippen LogP contribution in [0.25, 0.3) is 10.9 Å². The molecule has 0 fully saturated rings. The molecule has 1 heterocycles. The molecule has 0 bridgehead atoms. The first-order valence-electron chi connectivity index (χ1n) is 9.58. The molecular formula is C23H22ClNO3. The number of hydrogen-bond acceptors (Lipinski definition) is 4. The number of rotatable bonds is 5. The summed E-state index contributed by atoms with van der Waals surface area (Å²) in [6.07, 6.45) is 2.86. The number of benzene rings is 2. The van der Waals surface area contributed by atoms with Gasteiger partial charge in [0.15, 0.2) is 0 Å². The molecule has 4 nitrogen and oxygen atoms in total. The summed E-state index contributed by atoms with van der Waals surface area (Å²) < 4.78 is 11.2. The van der Waals surface area contributed by atoms with Crippen LogP contribution in [0.5, 0.6) is 5.75 Å². The number of carbonyl (C=O) groups is 1. The van der Waals surface area contributed by atoms with Crippen LogP contribution >= 0.6 is 11.6 Å². The molecule has 3 aromatic rings. The molecule has 2 aromatic carbocycles. The average Bonchev–Trinajstić information content (AvgIpc) is 2.70. The number of aryl methyl sites for hydroxylation is 1. The second kappa shape index (κ2) is 8.19. The van der Waals surface area contributed by atoms with Crippen molar-refractivity contribution in [3.63, 3.8) is 0 Å². The Morgan fingerprint density at radius 3 is 2.75 bits per heavy atom. The van der Waals surface area contributed by atoms with Crippen molar-refractivity contribution in [1.29, 1.82) is 0 Å². The van der Waals surface area contributed by atoms with Gasteiger partial charge in [0.25, 0.3) is 0 Å². The minimum Gasteiger partial charge on any atom is -0.490 e. The zero-order valence-corrected chi connectivity index (χ0v) is 16.5. The van der Waals surface area contributed by atoms with Crippen molar-refractivity contribution in [1.82, 2.24) is 4.98 Å². The van der Waals surface area contributed by atoms with Gasteiger partial charge in [0.05, 0.1) is 11.1 Å². The third-order valence-corrected chi connectivity index (χ3v) is 5.36. The number of carbonyl (C=O) groups excluding carboxylic acids is 1. The molecule has 28 heavy (non-hydrogen) atoms. The van der Waals surface area contributed by atoms with Gasteiger partial charge in [0.1, 0.15) is 19.0 Å². The van der Waals surface area contributed by atoms with Crippen LogP contribution < -0.4 is 4.74 Å². The maximum absolute atomic E-state index is 13.0. The molecule has 1 atom stereocenters. The fraction of sp³-hybridized carbons (Fsp3) is 0.304. The van der Waals surface area contributed by atoms with E-state index in [9.17, 15) is 4.79 Å². The Kier molecular flexibility index (Phi) is 5.49. The van der Waals surface area contributed by atoms with Crippen LogP contribution in [0.4, 0.5) is 0 Å². The maximum Gasteiger partial charge on any atom is 0.339 e. The van der Waals surface area contributed by atoms with Gasteiger partial charge in [-0.05, 0) is 61.1 Å². The van der Waals surface area contributed by atoms with Crippen LogP contribution in [0.1, 0.15) is 35.0 Å². The van der Waals surface area contributed by atoms with Gasteiger partial charge in [-0.3, -0.25) is 4.98 Å². The number of fused-ring (bicyclic) bond motifs is 2. The van der Waals surface area contributed by atoms with Crippen LogP contribution in [0.3, 0.4) is 0 Å². The third-order valence-electron chi connectivity index (χ3n) is 5.11. The molecule has 0 spiro atoms. The molecule has 5 heteroatoms. The predicted octanol–water partition coefficient (Wildman–Crippen LogP) is 5.25. The largest absolute Gasteiger partial charge is 0.490 e. The van der Waals surface area contributed by atoms with Gasteiger partial charge in [-0.25, -0.2) is 4.79 Å². The zero-order chi connectivity index (χ0) is 19.5. The highest BCUT2D eigenvalue weighted by atomic mass is 35.5. The Bertz CT molecular complexity index is 1000. The second-order valence-electron chi connectivity index (χ2n) is 7.22. The van der Waals surface area contributed by atoms with Crippen LogP contribution in [0, 0.1) is 5.92 Å². The van der Waals surface area contributed by atoms with E-state index < -0.39 is 0 Å². The van der Waals surface area contributed by atoms with Gasteiger partial charge >= 0.3 is 5.97 Å². The number of para-hydroxylation sites is 1. The molecule has 1 aliphatic carbocycles. The van der Waals surface area contributed by atoms with E-state index in [-0.39, 0.29) is 19.2 Å². The normalized spacial score (nSPS) is 15.9. The van der Waals surface area contributed by atoms with Crippen LogP contribution in [-0.2, 0) is 17.6 Å². The molecule has 0 radical (unpaired) electrons. The lowest BCUT2D eigenvalue weighted by molar-refractivity contribution is 0.0451. The number of esters is 1. The van der Waals surface area contributed by atoms with Crippen molar-refractivity contribution in [3.8, 4) is 5.75 Å². The van der Waals surface area contributed by atoms with E-state index in [2.05, 4.69) is 6.92 Å². The fourth-order valence-corrected chi connectivity index (χ4v) is 3.82. The summed E-state index contributed by atoms with van der Waals surface area (Å²) >= 11 is 5.87. The van der Waals surface area contributed by atoms with Crippen molar-refractivity contribution in [2.75, 3.05) is 13.2 Å². The minimum absolute atomic E-state index is 0.183. The average molecular weight is 396 g/mol. The molecule has 4 rings (SSSR count). The Labute approximate surface area is 169 Å². The third kappa shape index (κ3) is 3.97. The summed E-state index contributed by atoms with van der Waals surface area (Å²) in [5, 5.41) is 1.52. The van der Waals surface area contributed by atoms with Crippen molar-refractivity contribution in [3.05, 3.63) is 70.4 Å². The predicted molar refractivity (Wildman–Crippen MR) is 110 cm³/mol. The highest BCUT2D eigenvalue weighted by Gasteiger charge is 2.26. The highest BCUT2D eigenvalue weighted by Crippen LogP contribution is 2.32. The van der Waals surface area contributed by atoms with Gasteiger partial charge in [0.2, 0.25) is 0 Å². The van der Waals surface area contributed by atoms with E-state index in [4.69, 9.17) is 26.1 Å². The number of aromatic nitrogens is 1. The summed E-state index contributed by atoms with van der Waals surface area (Å²) in [6.45, 7) is 2.69. The van der Waals surface area contributed by atoms with Gasteiger partial charge in [-0.2, -0.15) is 0 Å². The smallest absolute Gasteiger partial charge is 0.339 e. The summed E-state index contributed by atoms with van der Waals surface area (Å²) in [5.41, 5.74) is 3.58. The first kappa shape index (κ1) is 18.8. The monoisotopic (exact) mass is 395 g/mol. The molecule has 1 unspecified atom stereocenters. The van der Waals surface area contributed by atoms with Crippen LogP contribution in [0.2, 0.25) is 5.02 Å². The summed E-state index contributed by atoms with van der Waals surface area (Å²) in [5.74, 6) is 0.930. The lowest BCUT2D eigenvalue weighted by Crippen LogP contribution is -2.20. The number of hydrogen-bond donors (Lipinski definition) is 0. The first-order valence-corrected chi connectivity index (χ1v) is 9.95. The molecule has 0 saturated heterocycles. The number of pyridine rings is 1. The molecular weight excluding hydrogens is 374 g/mol. The number of nitrogens with zero attached hydrogens (tertiary/aromatic N) is 1. The second-order valence-corrected chi connectivity index (χ2v) is 7.65. The van der Waals surface area contributed by atoms with Gasteiger partial charge in [-0.1, -0.05) is 36.7 Å². The van der Waals surface area contributed by atoms with E-state index in [0.717, 1.165) is 41.4 Å². The van der Waals surface area contributed by atoms with Crippen LogP contribution in [0.15, 0.2) is 48.5 Å². The Morgan fingerprint density at radius 2 is 1.93 bits per heavy atom. The molecule has 0 saturated carbocycles. The van der Waals surface area contributed by atoms with E-state index >= 15 is 0 Å². The molecule has 0 N–H and O–H groups in total. The Balaban J connectivity index is 1.51. The molecule has 1 aromatic heterocycles. The Morgan fingerprint density at radius 1 is 1.14 bits per heavy atom. The van der Waals surface area contributed by atoms with Gasteiger partial charge < -0.3 is 9.47 Å². The van der Waals surface area contributed by atoms with Crippen LogP contribution in [-0.4, -0.2) is 24.2 Å². The summed E-state index contributed by atoms with van der Waals surface area (Å²) in [7, 11) is 0. The minimum atomic E-state index is -0.302. The van der Waals surface area contributed by atoms with Gasteiger partial charge in [0, 0.05) is 16.1 Å². The quantitative estimate of drug-likeness (QED) is 0.437. The molecule has 0 aliphatic heterocycles. The van der Waals surface area contributed by atoms with Crippen molar-refractivity contribution < 1.29 is 14.3 Å². The Hall–Kier alpha value is -2.59. The lowest BCUT2D eigenvalue weighted by Gasteiger charge is -2.24. The summed E-state index contributed by atoms with van der Waals surface area (Å²) in [6, 6.07) is 14.9. The fourth-order valence-electron chi connectivity index (χ4n) is 3.69. The number of halogens is 1. The van der Waals surface area contributed by atoms with Gasteiger partial charge in [-0.15, -0.1) is 0 Å². The standard InChI is InChI=1S/C23H22ClNO3/c1-15-6-11-21-19(14-15)22(18-4-2-3-5-20(18)25-21)23(26)28-13-12-27-17-9-7-16(24)8-10-17/h2-5,7-10,15H,6,11-14H2,1H3. The highest BCUT2D eigenvalue weighted by molar-refractivity contribution is 6.30. The topological polar surface area (TPSA) is 48.4 Å². The first-order chi connectivity index (χ1) is 13.6. The van der Waals surface area contributed by atoms with E-state index in [0.29, 0.717) is 22.3 Å². The molecule has 1 aliphatic rings. The van der Waals surface area contributed by atoms with Crippen molar-refractivity contribution in [2.45, 2.75) is 26.2 Å². The van der Waals surface area contributed by atoms with Crippen molar-refractivity contribution in [2.24, 2.45) is 5.92 Å². The van der Waals surface area contributed by atoms with E-state index in [1.54, 1.807) is 24.3 Å². The number of ether oxygens (including phenoxy) is 2. The lowest BCUT2D eigenvalue weighted by atomic mass is 9.84. The SMILES string of the molecule is CC1CCc2nc3ccccc3c(C(=O)OCCOc3ccc(Cl)cc3)c2C1. The molecule has 144 valence electrons. The van der Waals surface area contributed by atoms with Crippen molar-refractivity contribution >= 4 is 28.5 Å².